The maximum atomic E-state index is 13.1. The minimum absolute atomic E-state index is 0.207. The van der Waals surface area contributed by atoms with Crippen molar-refractivity contribution in [1.82, 2.24) is 29.7 Å². The number of fused-ring (bicyclic) bond motifs is 1. The first-order valence-electron chi connectivity index (χ1n) is 11.6. The molecule has 1 aromatic carbocycles. The van der Waals surface area contributed by atoms with Gasteiger partial charge in [-0.2, -0.15) is 14.7 Å². The number of hydrogen-bond donors (Lipinski definition) is 4. The lowest BCUT2D eigenvalue weighted by Crippen LogP contribution is -2.25. The standard InChI is InChI=1S/C24H28N10O2/c1-25-20-11-19(30-22-17(12-26-34(20)22)23(35)27-14-5-6-14)29-18-13-33(4)31-21(18)24(36)28-15-7-9-16(10-8-15)32(2)3/h7-14,25H,5-6H2,1-4H3,(H,27,35)(H,28,36)(H,29,30). The van der Waals surface area contributed by atoms with Crippen molar-refractivity contribution in [2.24, 2.45) is 7.05 Å². The fraction of sp³-hybridized carbons (Fsp3) is 0.292. The molecular weight excluding hydrogens is 460 g/mol. The van der Waals surface area contributed by atoms with Gasteiger partial charge < -0.3 is 26.2 Å². The molecule has 3 aromatic heterocycles. The van der Waals surface area contributed by atoms with Crippen LogP contribution in [-0.4, -0.2) is 63.4 Å². The molecule has 0 aliphatic heterocycles. The van der Waals surface area contributed by atoms with Crippen LogP contribution in [0.15, 0.2) is 42.7 Å². The molecule has 0 atom stereocenters. The van der Waals surface area contributed by atoms with Crippen LogP contribution in [0.3, 0.4) is 0 Å². The summed E-state index contributed by atoms with van der Waals surface area (Å²) in [7, 11) is 7.41. The molecule has 2 amide bonds. The van der Waals surface area contributed by atoms with E-state index in [4.69, 9.17) is 0 Å². The smallest absolute Gasteiger partial charge is 0.278 e. The van der Waals surface area contributed by atoms with E-state index in [1.54, 1.807) is 35.6 Å². The fourth-order valence-electron chi connectivity index (χ4n) is 3.77. The van der Waals surface area contributed by atoms with Crippen LogP contribution in [0.1, 0.15) is 33.7 Å². The predicted octanol–water partition coefficient (Wildman–Crippen LogP) is 2.46. The summed E-state index contributed by atoms with van der Waals surface area (Å²) in [5.74, 6) is 0.495. The molecule has 36 heavy (non-hydrogen) atoms. The predicted molar refractivity (Wildman–Crippen MR) is 138 cm³/mol. The SMILES string of the molecule is CNc1cc(Nc2cn(C)nc2C(=O)Nc2ccc(N(C)C)cc2)nc2c(C(=O)NC3CC3)cnn12. The van der Waals surface area contributed by atoms with E-state index < -0.39 is 0 Å². The first kappa shape index (κ1) is 23.1. The van der Waals surface area contributed by atoms with Crippen LogP contribution >= 0.6 is 0 Å². The van der Waals surface area contributed by atoms with Crippen molar-refractivity contribution < 1.29 is 9.59 Å². The minimum atomic E-state index is -0.362. The van der Waals surface area contributed by atoms with Crippen molar-refractivity contribution in [1.29, 1.82) is 0 Å². The number of carbonyl (C=O) groups is 2. The second-order valence-corrected chi connectivity index (χ2v) is 8.90. The zero-order chi connectivity index (χ0) is 25.4. The third kappa shape index (κ3) is 4.65. The summed E-state index contributed by atoms with van der Waals surface area (Å²) in [5, 5.41) is 20.8. The number of nitrogens with one attached hydrogen (secondary N) is 4. The molecule has 0 unspecified atom stereocenters. The molecule has 186 valence electrons. The number of anilines is 5. The van der Waals surface area contributed by atoms with E-state index in [2.05, 4.69) is 36.4 Å². The number of aromatic nitrogens is 5. The van der Waals surface area contributed by atoms with E-state index in [1.165, 1.54) is 6.20 Å². The zero-order valence-electron chi connectivity index (χ0n) is 20.5. The maximum absolute atomic E-state index is 13.1. The van der Waals surface area contributed by atoms with Gasteiger partial charge in [-0.25, -0.2) is 4.98 Å². The molecule has 4 N–H and O–H groups in total. The summed E-state index contributed by atoms with van der Waals surface area (Å²) < 4.78 is 3.12. The second-order valence-electron chi connectivity index (χ2n) is 8.90. The van der Waals surface area contributed by atoms with Gasteiger partial charge in [-0.05, 0) is 37.1 Å². The van der Waals surface area contributed by atoms with Crippen LogP contribution in [0.5, 0.6) is 0 Å². The molecule has 0 bridgehead atoms. The Balaban J connectivity index is 1.42. The molecule has 1 fully saturated rings. The normalized spacial score (nSPS) is 12.9. The Morgan fingerprint density at radius 1 is 1.11 bits per heavy atom. The lowest BCUT2D eigenvalue weighted by atomic mass is 10.2. The number of hydrogen-bond acceptors (Lipinski definition) is 8. The summed E-state index contributed by atoms with van der Waals surface area (Å²) in [6.07, 6.45) is 5.18. The van der Waals surface area contributed by atoms with Gasteiger partial charge in [-0.1, -0.05) is 0 Å². The topological polar surface area (TPSA) is 134 Å². The summed E-state index contributed by atoms with van der Waals surface area (Å²) in [5.41, 5.74) is 3.15. The Morgan fingerprint density at radius 3 is 2.53 bits per heavy atom. The average Bonchev–Trinajstić information content (AvgIpc) is 3.43. The fourth-order valence-corrected chi connectivity index (χ4v) is 3.77. The van der Waals surface area contributed by atoms with Crippen LogP contribution in [0, 0.1) is 0 Å². The number of carbonyl (C=O) groups excluding carboxylic acids is 2. The molecule has 12 nitrogen and oxygen atoms in total. The third-order valence-corrected chi connectivity index (χ3v) is 5.83. The summed E-state index contributed by atoms with van der Waals surface area (Å²) in [4.78, 5) is 32.4. The van der Waals surface area contributed by atoms with Crippen molar-refractivity contribution in [2.45, 2.75) is 18.9 Å². The summed E-state index contributed by atoms with van der Waals surface area (Å²) in [6.45, 7) is 0. The van der Waals surface area contributed by atoms with Gasteiger partial charge in [0.15, 0.2) is 11.3 Å². The van der Waals surface area contributed by atoms with Gasteiger partial charge in [0.05, 0.1) is 11.9 Å². The van der Waals surface area contributed by atoms with Crippen molar-refractivity contribution in [3.05, 3.63) is 54.0 Å². The average molecular weight is 489 g/mol. The summed E-state index contributed by atoms with van der Waals surface area (Å²) in [6, 6.07) is 9.49. The molecule has 0 spiro atoms. The molecule has 12 heteroatoms. The highest BCUT2D eigenvalue weighted by Crippen LogP contribution is 2.25. The number of rotatable bonds is 8. The highest BCUT2D eigenvalue weighted by atomic mass is 16.2. The Kier molecular flexibility index (Phi) is 5.92. The Labute approximate surface area is 207 Å². The lowest BCUT2D eigenvalue weighted by molar-refractivity contribution is 0.0951. The Morgan fingerprint density at radius 2 is 1.86 bits per heavy atom. The largest absolute Gasteiger partial charge is 0.378 e. The van der Waals surface area contributed by atoms with E-state index in [9.17, 15) is 9.59 Å². The van der Waals surface area contributed by atoms with Crippen molar-refractivity contribution >= 4 is 46.2 Å². The van der Waals surface area contributed by atoms with Crippen LogP contribution in [0.2, 0.25) is 0 Å². The van der Waals surface area contributed by atoms with Gasteiger partial charge in [0.25, 0.3) is 11.8 Å². The molecule has 4 aromatic rings. The van der Waals surface area contributed by atoms with Gasteiger partial charge in [0.1, 0.15) is 17.2 Å². The van der Waals surface area contributed by atoms with Crippen LogP contribution in [-0.2, 0) is 7.05 Å². The van der Waals surface area contributed by atoms with Crippen molar-refractivity contribution in [2.75, 3.05) is 42.0 Å². The molecule has 1 aliphatic rings. The number of nitrogens with zero attached hydrogens (tertiary/aromatic N) is 6. The summed E-state index contributed by atoms with van der Waals surface area (Å²) >= 11 is 0. The highest BCUT2D eigenvalue weighted by Gasteiger charge is 2.26. The number of benzene rings is 1. The Bertz CT molecular complexity index is 1430. The molecule has 3 heterocycles. The van der Waals surface area contributed by atoms with Crippen LogP contribution in [0.25, 0.3) is 5.65 Å². The van der Waals surface area contributed by atoms with E-state index in [0.29, 0.717) is 34.2 Å². The molecule has 1 aliphatic carbocycles. The van der Waals surface area contributed by atoms with Gasteiger partial charge in [-0.3, -0.25) is 14.3 Å². The van der Waals surface area contributed by atoms with Crippen molar-refractivity contribution in [3.8, 4) is 0 Å². The molecule has 5 rings (SSSR count). The minimum Gasteiger partial charge on any atom is -0.378 e. The van der Waals surface area contributed by atoms with Crippen LogP contribution < -0.4 is 26.2 Å². The number of aryl methyl sites for hydroxylation is 1. The molecular formula is C24H28N10O2. The molecule has 0 saturated heterocycles. The molecule has 0 radical (unpaired) electrons. The van der Waals surface area contributed by atoms with E-state index in [1.807, 2.05) is 43.3 Å². The van der Waals surface area contributed by atoms with E-state index >= 15 is 0 Å². The van der Waals surface area contributed by atoms with Gasteiger partial charge in [0.2, 0.25) is 0 Å². The van der Waals surface area contributed by atoms with Crippen molar-refractivity contribution in [3.63, 3.8) is 0 Å². The lowest BCUT2D eigenvalue weighted by Gasteiger charge is -2.13. The van der Waals surface area contributed by atoms with Gasteiger partial charge >= 0.3 is 0 Å². The van der Waals surface area contributed by atoms with E-state index in [-0.39, 0.29) is 23.6 Å². The second kappa shape index (κ2) is 9.21. The third-order valence-electron chi connectivity index (χ3n) is 5.83. The number of amides is 2. The molecule has 1 saturated carbocycles. The maximum Gasteiger partial charge on any atom is 0.278 e. The monoisotopic (exact) mass is 488 g/mol. The van der Waals surface area contributed by atoms with E-state index in [0.717, 1.165) is 18.5 Å². The van der Waals surface area contributed by atoms with Crippen LogP contribution in [0.4, 0.5) is 28.7 Å². The first-order chi connectivity index (χ1) is 17.3. The quantitative estimate of drug-likeness (QED) is 0.297. The zero-order valence-corrected chi connectivity index (χ0v) is 20.5. The highest BCUT2D eigenvalue weighted by molar-refractivity contribution is 6.07. The van der Waals surface area contributed by atoms with Gasteiger partial charge in [0, 0.05) is 57.9 Å². The Hall–Kier alpha value is -4.61. The first-order valence-corrected chi connectivity index (χ1v) is 11.6. The van der Waals surface area contributed by atoms with Gasteiger partial charge in [-0.15, -0.1) is 0 Å².